The molecule has 0 radical (unpaired) electrons. The third-order valence-electron chi connectivity index (χ3n) is 3.79. The number of carbonyl (C=O) groups excluding carboxylic acids is 1. The van der Waals surface area contributed by atoms with Crippen LogP contribution in [0, 0.1) is 0 Å². The monoisotopic (exact) mass is 266 g/mol. The van der Waals surface area contributed by atoms with Crippen molar-refractivity contribution in [2.75, 3.05) is 39.4 Å². The van der Waals surface area contributed by atoms with Crippen molar-refractivity contribution < 1.29 is 9.53 Å². The minimum Gasteiger partial charge on any atom is -0.380 e. The molecule has 2 saturated heterocycles. The van der Waals surface area contributed by atoms with Crippen LogP contribution in [0.5, 0.6) is 0 Å². The summed E-state index contributed by atoms with van der Waals surface area (Å²) in [6, 6.07) is 2.48. The molecule has 1 aromatic heterocycles. The zero-order valence-corrected chi connectivity index (χ0v) is 11.2. The Kier molecular flexibility index (Phi) is 3.63. The van der Waals surface area contributed by atoms with Gasteiger partial charge in [-0.05, 0) is 17.9 Å². The Hall–Kier alpha value is -0.910. The topological polar surface area (TPSA) is 32.8 Å². The Balaban J connectivity index is 1.55. The van der Waals surface area contributed by atoms with Crippen LogP contribution >= 0.6 is 11.3 Å². The number of amides is 1. The zero-order chi connectivity index (χ0) is 12.4. The van der Waals surface area contributed by atoms with Gasteiger partial charge >= 0.3 is 0 Å². The van der Waals surface area contributed by atoms with Crippen molar-refractivity contribution in [3.8, 4) is 0 Å². The highest BCUT2D eigenvalue weighted by molar-refractivity contribution is 7.08. The summed E-state index contributed by atoms with van der Waals surface area (Å²) in [4.78, 5) is 16.6. The first-order valence-electron chi connectivity index (χ1n) is 6.48. The van der Waals surface area contributed by atoms with Gasteiger partial charge in [0.1, 0.15) is 0 Å². The highest BCUT2D eigenvalue weighted by Gasteiger charge is 2.28. The summed E-state index contributed by atoms with van der Waals surface area (Å²) in [5.74, 6) is 0.179. The summed E-state index contributed by atoms with van der Waals surface area (Å²) in [5, 5.41) is 3.89. The predicted octanol–water partition coefficient (Wildman–Crippen LogP) is 1.29. The fourth-order valence-corrected chi connectivity index (χ4v) is 3.30. The van der Waals surface area contributed by atoms with Gasteiger partial charge in [0.05, 0.1) is 12.2 Å². The van der Waals surface area contributed by atoms with E-state index >= 15 is 0 Å². The maximum absolute atomic E-state index is 12.2. The van der Waals surface area contributed by atoms with Crippen LogP contribution in [0.25, 0.3) is 0 Å². The SMILES string of the molecule is O=C(c1ccsc1)N1CCN([C@H]2CCOC2)CC1. The van der Waals surface area contributed by atoms with Gasteiger partial charge in [-0.15, -0.1) is 0 Å². The number of carbonyl (C=O) groups is 1. The van der Waals surface area contributed by atoms with E-state index in [1.54, 1.807) is 11.3 Å². The highest BCUT2D eigenvalue weighted by atomic mass is 32.1. The molecule has 4 nitrogen and oxygen atoms in total. The minimum atomic E-state index is 0.179. The van der Waals surface area contributed by atoms with Gasteiger partial charge in [0.15, 0.2) is 0 Å². The molecule has 98 valence electrons. The van der Waals surface area contributed by atoms with E-state index < -0.39 is 0 Å². The number of hydrogen-bond donors (Lipinski definition) is 0. The minimum absolute atomic E-state index is 0.179. The van der Waals surface area contributed by atoms with Gasteiger partial charge < -0.3 is 9.64 Å². The summed E-state index contributed by atoms with van der Waals surface area (Å²) in [7, 11) is 0. The molecule has 2 aliphatic heterocycles. The summed E-state index contributed by atoms with van der Waals surface area (Å²) in [6.45, 7) is 5.38. The summed E-state index contributed by atoms with van der Waals surface area (Å²) >= 11 is 1.58. The van der Waals surface area contributed by atoms with Crippen molar-refractivity contribution >= 4 is 17.2 Å². The number of thiophene rings is 1. The zero-order valence-electron chi connectivity index (χ0n) is 10.4. The van der Waals surface area contributed by atoms with E-state index in [-0.39, 0.29) is 5.91 Å². The molecule has 5 heteroatoms. The molecule has 1 amide bonds. The van der Waals surface area contributed by atoms with E-state index in [1.165, 1.54) is 0 Å². The van der Waals surface area contributed by atoms with Crippen LogP contribution in [-0.2, 0) is 4.74 Å². The Labute approximate surface area is 111 Å². The molecule has 0 bridgehead atoms. The lowest BCUT2D eigenvalue weighted by atomic mass is 10.2. The van der Waals surface area contributed by atoms with E-state index in [2.05, 4.69) is 4.90 Å². The van der Waals surface area contributed by atoms with E-state index in [0.29, 0.717) is 6.04 Å². The molecule has 0 unspecified atom stereocenters. The van der Waals surface area contributed by atoms with Crippen LogP contribution in [0.4, 0.5) is 0 Å². The molecule has 18 heavy (non-hydrogen) atoms. The first kappa shape index (κ1) is 12.1. The standard InChI is InChI=1S/C13H18N2O2S/c16-13(11-2-8-18-10-11)15-5-3-14(4-6-15)12-1-7-17-9-12/h2,8,10,12H,1,3-7,9H2/t12-/m0/s1. The van der Waals surface area contributed by atoms with Crippen molar-refractivity contribution in [1.29, 1.82) is 0 Å². The molecule has 2 fully saturated rings. The van der Waals surface area contributed by atoms with Crippen molar-refractivity contribution in [2.24, 2.45) is 0 Å². The number of hydrogen-bond acceptors (Lipinski definition) is 4. The van der Waals surface area contributed by atoms with Gasteiger partial charge in [-0.1, -0.05) is 0 Å². The largest absolute Gasteiger partial charge is 0.380 e. The second-order valence-corrected chi connectivity index (χ2v) is 5.64. The van der Waals surface area contributed by atoms with Crippen molar-refractivity contribution in [2.45, 2.75) is 12.5 Å². The number of rotatable bonds is 2. The van der Waals surface area contributed by atoms with Gasteiger partial charge in [0.25, 0.3) is 5.91 Å². The molecule has 0 aromatic carbocycles. The average Bonchev–Trinajstić information content (AvgIpc) is 3.11. The molecule has 1 aromatic rings. The van der Waals surface area contributed by atoms with E-state index in [9.17, 15) is 4.79 Å². The Morgan fingerprint density at radius 1 is 1.33 bits per heavy atom. The fraction of sp³-hybridized carbons (Fsp3) is 0.615. The summed E-state index contributed by atoms with van der Waals surface area (Å²) in [6.07, 6.45) is 1.14. The van der Waals surface area contributed by atoms with Crippen LogP contribution in [0.3, 0.4) is 0 Å². The number of ether oxygens (including phenoxy) is 1. The lowest BCUT2D eigenvalue weighted by Crippen LogP contribution is -2.52. The average molecular weight is 266 g/mol. The molecule has 0 N–H and O–H groups in total. The molecule has 0 saturated carbocycles. The van der Waals surface area contributed by atoms with Crippen LogP contribution in [0.1, 0.15) is 16.8 Å². The van der Waals surface area contributed by atoms with Gasteiger partial charge in [0, 0.05) is 44.2 Å². The lowest BCUT2D eigenvalue weighted by Gasteiger charge is -2.37. The van der Waals surface area contributed by atoms with Gasteiger partial charge in [-0.3, -0.25) is 9.69 Å². The normalized spacial score (nSPS) is 25.6. The quantitative estimate of drug-likeness (QED) is 0.809. The molecule has 0 spiro atoms. The van der Waals surface area contributed by atoms with Crippen LogP contribution in [0.15, 0.2) is 16.8 Å². The Morgan fingerprint density at radius 3 is 2.78 bits per heavy atom. The number of nitrogens with zero attached hydrogens (tertiary/aromatic N) is 2. The third-order valence-corrected chi connectivity index (χ3v) is 4.47. The second-order valence-electron chi connectivity index (χ2n) is 4.86. The highest BCUT2D eigenvalue weighted by Crippen LogP contribution is 2.16. The van der Waals surface area contributed by atoms with Crippen molar-refractivity contribution in [1.82, 2.24) is 9.80 Å². The van der Waals surface area contributed by atoms with Crippen LogP contribution < -0.4 is 0 Å². The molecular formula is C13H18N2O2S. The van der Waals surface area contributed by atoms with E-state index in [0.717, 1.165) is 51.4 Å². The van der Waals surface area contributed by atoms with Crippen molar-refractivity contribution in [3.63, 3.8) is 0 Å². The van der Waals surface area contributed by atoms with E-state index in [1.807, 2.05) is 21.7 Å². The van der Waals surface area contributed by atoms with Crippen LogP contribution in [-0.4, -0.2) is 61.1 Å². The Morgan fingerprint density at radius 2 is 2.17 bits per heavy atom. The first-order valence-corrected chi connectivity index (χ1v) is 7.42. The fourth-order valence-electron chi connectivity index (χ4n) is 2.67. The third kappa shape index (κ3) is 2.43. The summed E-state index contributed by atoms with van der Waals surface area (Å²) in [5.41, 5.74) is 0.831. The van der Waals surface area contributed by atoms with Gasteiger partial charge in [-0.25, -0.2) is 0 Å². The Bertz CT molecular complexity index is 393. The van der Waals surface area contributed by atoms with Gasteiger partial charge in [0.2, 0.25) is 0 Å². The lowest BCUT2D eigenvalue weighted by molar-refractivity contribution is 0.0550. The molecule has 2 aliphatic rings. The molecule has 0 aliphatic carbocycles. The summed E-state index contributed by atoms with van der Waals surface area (Å²) < 4.78 is 5.42. The van der Waals surface area contributed by atoms with Crippen LogP contribution in [0.2, 0.25) is 0 Å². The predicted molar refractivity (Wildman–Crippen MR) is 71.0 cm³/mol. The maximum Gasteiger partial charge on any atom is 0.254 e. The van der Waals surface area contributed by atoms with Crippen molar-refractivity contribution in [3.05, 3.63) is 22.4 Å². The number of piperazine rings is 1. The molecule has 3 rings (SSSR count). The molecule has 3 heterocycles. The smallest absolute Gasteiger partial charge is 0.254 e. The molecule has 1 atom stereocenters. The first-order chi connectivity index (χ1) is 8.84. The molecular weight excluding hydrogens is 248 g/mol. The maximum atomic E-state index is 12.2. The second kappa shape index (κ2) is 5.38. The van der Waals surface area contributed by atoms with E-state index in [4.69, 9.17) is 4.74 Å². The van der Waals surface area contributed by atoms with Gasteiger partial charge in [-0.2, -0.15) is 11.3 Å².